The van der Waals surface area contributed by atoms with E-state index in [1.165, 1.54) is 18.9 Å². The topological polar surface area (TPSA) is 24.4 Å². The van der Waals surface area contributed by atoms with Gasteiger partial charge in [0, 0.05) is 19.0 Å². The number of hydrogen-bond acceptors (Lipinski definition) is 2. The van der Waals surface area contributed by atoms with Gasteiger partial charge in [-0.3, -0.25) is 4.99 Å². The van der Waals surface area contributed by atoms with Crippen LogP contribution in [0.2, 0.25) is 0 Å². The number of rotatable bonds is 2. The highest BCUT2D eigenvalue weighted by Crippen LogP contribution is 2.15. The molecule has 1 atom stereocenters. The Kier molecular flexibility index (Phi) is 3.54. The van der Waals surface area contributed by atoms with Crippen molar-refractivity contribution in [3.63, 3.8) is 0 Å². The molecule has 0 spiro atoms. The molecule has 1 aliphatic rings. The van der Waals surface area contributed by atoms with E-state index < -0.39 is 0 Å². The molecule has 1 aromatic carbocycles. The average molecular weight is 220 g/mol. The molecule has 1 aromatic rings. The Bertz CT molecular complexity index is 387. The van der Waals surface area contributed by atoms with Crippen LogP contribution in [0.3, 0.4) is 0 Å². The first-order chi connectivity index (χ1) is 7.75. The van der Waals surface area contributed by atoms with E-state index >= 15 is 0 Å². The van der Waals surface area contributed by atoms with Crippen molar-refractivity contribution in [1.82, 2.24) is 5.32 Å². The van der Waals surface area contributed by atoms with E-state index in [-0.39, 0.29) is 11.9 Å². The van der Waals surface area contributed by atoms with Gasteiger partial charge in [0.05, 0.1) is 5.84 Å². The molecular formula is C13H17FN2. The van der Waals surface area contributed by atoms with Crippen LogP contribution in [0.5, 0.6) is 0 Å². The second kappa shape index (κ2) is 5.10. The molecular weight excluding hydrogens is 203 g/mol. The number of halogens is 1. The van der Waals surface area contributed by atoms with Crippen LogP contribution in [0.15, 0.2) is 29.3 Å². The maximum Gasteiger partial charge on any atom is 0.123 e. The monoisotopic (exact) mass is 220 g/mol. The molecule has 0 saturated heterocycles. The van der Waals surface area contributed by atoms with Crippen molar-refractivity contribution in [2.75, 3.05) is 6.54 Å². The van der Waals surface area contributed by atoms with Gasteiger partial charge in [-0.2, -0.15) is 0 Å². The molecule has 0 saturated carbocycles. The highest BCUT2D eigenvalue weighted by Gasteiger charge is 2.10. The summed E-state index contributed by atoms with van der Waals surface area (Å²) in [6.45, 7) is 2.95. The van der Waals surface area contributed by atoms with Gasteiger partial charge in [-0.15, -0.1) is 0 Å². The molecule has 0 radical (unpaired) electrons. The predicted molar refractivity (Wildman–Crippen MR) is 64.1 cm³/mol. The van der Waals surface area contributed by atoms with Crippen LogP contribution in [0.4, 0.5) is 4.39 Å². The first kappa shape index (κ1) is 11.1. The summed E-state index contributed by atoms with van der Waals surface area (Å²) in [6, 6.07) is 6.83. The molecule has 0 bridgehead atoms. The first-order valence-corrected chi connectivity index (χ1v) is 5.81. The van der Waals surface area contributed by atoms with Crippen molar-refractivity contribution < 1.29 is 4.39 Å². The van der Waals surface area contributed by atoms with E-state index in [9.17, 15) is 4.39 Å². The van der Waals surface area contributed by atoms with Crippen molar-refractivity contribution in [2.45, 2.75) is 32.2 Å². The van der Waals surface area contributed by atoms with Crippen molar-refractivity contribution in [2.24, 2.45) is 4.99 Å². The summed E-state index contributed by atoms with van der Waals surface area (Å²) in [6.07, 6.45) is 3.39. The molecule has 1 N–H and O–H groups in total. The van der Waals surface area contributed by atoms with E-state index in [2.05, 4.69) is 10.3 Å². The minimum atomic E-state index is -0.184. The van der Waals surface area contributed by atoms with Crippen molar-refractivity contribution >= 4 is 5.84 Å². The molecule has 2 nitrogen and oxygen atoms in total. The fourth-order valence-corrected chi connectivity index (χ4v) is 1.92. The molecule has 16 heavy (non-hydrogen) atoms. The zero-order valence-electron chi connectivity index (χ0n) is 9.54. The fourth-order valence-electron chi connectivity index (χ4n) is 1.92. The maximum absolute atomic E-state index is 13.0. The summed E-state index contributed by atoms with van der Waals surface area (Å²) in [7, 11) is 0. The van der Waals surface area contributed by atoms with E-state index in [1.54, 1.807) is 12.1 Å². The Morgan fingerprint density at radius 1 is 1.38 bits per heavy atom. The average Bonchev–Trinajstić information content (AvgIpc) is 2.30. The number of aliphatic imine (C=N–C) groups is 1. The first-order valence-electron chi connectivity index (χ1n) is 5.81. The summed E-state index contributed by atoms with van der Waals surface area (Å²) in [4.78, 5) is 4.43. The van der Waals surface area contributed by atoms with Gasteiger partial charge in [0.25, 0.3) is 0 Å². The van der Waals surface area contributed by atoms with Gasteiger partial charge in [0.1, 0.15) is 5.82 Å². The smallest absolute Gasteiger partial charge is 0.123 e. The molecule has 0 aliphatic carbocycles. The van der Waals surface area contributed by atoms with Crippen LogP contribution in [0, 0.1) is 5.82 Å². The largest absolute Gasteiger partial charge is 0.367 e. The molecule has 1 heterocycles. The van der Waals surface area contributed by atoms with Gasteiger partial charge >= 0.3 is 0 Å². The number of amidine groups is 1. The van der Waals surface area contributed by atoms with Crippen molar-refractivity contribution in [3.8, 4) is 0 Å². The maximum atomic E-state index is 13.0. The highest BCUT2D eigenvalue weighted by atomic mass is 19.1. The van der Waals surface area contributed by atoms with Crippen molar-refractivity contribution in [1.29, 1.82) is 0 Å². The normalized spacial score (nSPS) is 17.8. The van der Waals surface area contributed by atoms with Crippen LogP contribution in [0.25, 0.3) is 0 Å². The highest BCUT2D eigenvalue weighted by molar-refractivity contribution is 5.83. The van der Waals surface area contributed by atoms with Gasteiger partial charge in [0.2, 0.25) is 0 Å². The molecule has 0 aromatic heterocycles. The molecule has 0 fully saturated rings. The Morgan fingerprint density at radius 2 is 2.25 bits per heavy atom. The lowest BCUT2D eigenvalue weighted by Crippen LogP contribution is -2.28. The van der Waals surface area contributed by atoms with E-state index in [0.29, 0.717) is 0 Å². The van der Waals surface area contributed by atoms with Gasteiger partial charge in [-0.25, -0.2) is 4.39 Å². The quantitative estimate of drug-likeness (QED) is 0.814. The second-order valence-corrected chi connectivity index (χ2v) is 4.21. The van der Waals surface area contributed by atoms with Crippen LogP contribution in [-0.4, -0.2) is 12.4 Å². The third kappa shape index (κ3) is 2.81. The number of nitrogens with one attached hydrogen (secondary N) is 1. The van der Waals surface area contributed by atoms with Crippen LogP contribution < -0.4 is 5.32 Å². The summed E-state index contributed by atoms with van der Waals surface area (Å²) in [5.41, 5.74) is 0.966. The number of benzene rings is 1. The standard InChI is InChI=1S/C13H17FN2/c1-10(11-5-4-6-12(14)9-11)16-13-7-2-3-8-15-13/h4-6,9-10H,2-3,7-8H2,1H3,(H,15,16)/t10-/m0/s1. The van der Waals surface area contributed by atoms with E-state index in [4.69, 9.17) is 0 Å². The zero-order chi connectivity index (χ0) is 11.4. The Hall–Kier alpha value is -1.38. The molecule has 0 unspecified atom stereocenters. The number of nitrogens with zero attached hydrogens (tertiary/aromatic N) is 1. The predicted octanol–water partition coefficient (Wildman–Crippen LogP) is 3.06. The van der Waals surface area contributed by atoms with E-state index in [1.807, 2.05) is 13.0 Å². The lowest BCUT2D eigenvalue weighted by Gasteiger charge is -2.19. The van der Waals surface area contributed by atoms with Gasteiger partial charge in [-0.05, 0) is 37.5 Å². The third-order valence-electron chi connectivity index (χ3n) is 2.86. The lowest BCUT2D eigenvalue weighted by molar-refractivity contribution is 0.613. The SMILES string of the molecule is C[C@H](NC1=NCCCC1)c1cccc(F)c1. The van der Waals surface area contributed by atoms with Crippen LogP contribution in [0.1, 0.15) is 37.8 Å². The second-order valence-electron chi connectivity index (χ2n) is 4.21. The Labute approximate surface area is 95.6 Å². The van der Waals surface area contributed by atoms with Gasteiger partial charge in [0.15, 0.2) is 0 Å². The Balaban J connectivity index is 2.02. The van der Waals surface area contributed by atoms with Gasteiger partial charge < -0.3 is 5.32 Å². The van der Waals surface area contributed by atoms with E-state index in [0.717, 1.165) is 24.4 Å². The molecule has 1 aliphatic heterocycles. The molecule has 2 rings (SSSR count). The molecule has 0 amide bonds. The van der Waals surface area contributed by atoms with Crippen LogP contribution >= 0.6 is 0 Å². The van der Waals surface area contributed by atoms with Crippen LogP contribution in [-0.2, 0) is 0 Å². The minimum absolute atomic E-state index is 0.118. The van der Waals surface area contributed by atoms with Gasteiger partial charge in [-0.1, -0.05) is 12.1 Å². The summed E-state index contributed by atoms with van der Waals surface area (Å²) < 4.78 is 13.0. The summed E-state index contributed by atoms with van der Waals surface area (Å²) in [5, 5.41) is 3.35. The lowest BCUT2D eigenvalue weighted by atomic mass is 10.1. The third-order valence-corrected chi connectivity index (χ3v) is 2.86. The number of hydrogen-bond donors (Lipinski definition) is 1. The Morgan fingerprint density at radius 3 is 2.94 bits per heavy atom. The zero-order valence-corrected chi connectivity index (χ0v) is 9.54. The summed E-state index contributed by atoms with van der Waals surface area (Å²) in [5.74, 6) is 0.875. The summed E-state index contributed by atoms with van der Waals surface area (Å²) >= 11 is 0. The minimum Gasteiger partial charge on any atom is -0.367 e. The van der Waals surface area contributed by atoms with Crippen molar-refractivity contribution in [3.05, 3.63) is 35.6 Å². The molecule has 86 valence electrons. The molecule has 3 heteroatoms. The fraction of sp³-hybridized carbons (Fsp3) is 0.462.